The summed E-state index contributed by atoms with van der Waals surface area (Å²) in [5.74, 6) is -0.958. The number of aliphatic carboxylic acids is 1. The van der Waals surface area contributed by atoms with Gasteiger partial charge in [-0.15, -0.1) is 0 Å². The molecule has 0 aromatic heterocycles. The van der Waals surface area contributed by atoms with Crippen molar-refractivity contribution in [3.8, 4) is 0 Å². The van der Waals surface area contributed by atoms with Gasteiger partial charge in [-0.25, -0.2) is 0 Å². The minimum atomic E-state index is -0.911. The Kier molecular flexibility index (Phi) is 6.37. The maximum Gasteiger partial charge on any atom is 0.323 e. The van der Waals surface area contributed by atoms with Gasteiger partial charge in [0.15, 0.2) is 0 Å². The smallest absolute Gasteiger partial charge is 0.323 e. The fourth-order valence-electron chi connectivity index (χ4n) is 3.81. The first-order chi connectivity index (χ1) is 13.4. The van der Waals surface area contributed by atoms with E-state index in [4.69, 9.17) is 11.6 Å². The van der Waals surface area contributed by atoms with Gasteiger partial charge >= 0.3 is 5.97 Å². The van der Waals surface area contributed by atoms with E-state index in [1.165, 1.54) is 0 Å². The molecular weight excluding hydrogens is 376 g/mol. The molecule has 1 fully saturated rings. The van der Waals surface area contributed by atoms with Crippen molar-refractivity contribution >= 4 is 23.5 Å². The van der Waals surface area contributed by atoms with E-state index in [9.17, 15) is 14.7 Å². The zero-order valence-corrected chi connectivity index (χ0v) is 16.8. The predicted molar refractivity (Wildman–Crippen MR) is 109 cm³/mol. The summed E-state index contributed by atoms with van der Waals surface area (Å²) in [6.07, 6.45) is 0.639. The standard InChI is InChI=1S/C22H25ClN2O3/c1-15(2)25-14-19(26)24(13-12-16-8-10-18(23)11-9-16)20(21(25)22(27)28)17-6-4-3-5-7-17/h3-11,15,20-21H,12-14H2,1-2H3,(H,27,28). The van der Waals surface area contributed by atoms with Crippen LogP contribution in [0.4, 0.5) is 0 Å². The molecule has 3 rings (SSSR count). The molecule has 0 aliphatic carbocycles. The first-order valence-electron chi connectivity index (χ1n) is 9.46. The fourth-order valence-corrected chi connectivity index (χ4v) is 3.94. The average molecular weight is 401 g/mol. The number of carboxylic acids is 1. The Morgan fingerprint density at radius 1 is 1.14 bits per heavy atom. The van der Waals surface area contributed by atoms with Crippen LogP contribution in [-0.2, 0) is 16.0 Å². The molecule has 1 aliphatic rings. The first-order valence-corrected chi connectivity index (χ1v) is 9.83. The molecule has 0 saturated carbocycles. The van der Waals surface area contributed by atoms with Gasteiger partial charge in [-0.3, -0.25) is 14.5 Å². The van der Waals surface area contributed by atoms with Gasteiger partial charge in [-0.05, 0) is 43.5 Å². The molecule has 6 heteroatoms. The number of nitrogens with zero attached hydrogens (tertiary/aromatic N) is 2. The molecule has 2 atom stereocenters. The highest BCUT2D eigenvalue weighted by Gasteiger charge is 2.46. The van der Waals surface area contributed by atoms with E-state index in [2.05, 4.69) is 0 Å². The Bertz CT molecular complexity index is 823. The fraction of sp³-hybridized carbons (Fsp3) is 0.364. The topological polar surface area (TPSA) is 60.9 Å². The monoisotopic (exact) mass is 400 g/mol. The summed E-state index contributed by atoms with van der Waals surface area (Å²) in [5.41, 5.74) is 1.90. The van der Waals surface area contributed by atoms with Crippen molar-refractivity contribution in [2.24, 2.45) is 0 Å². The maximum absolute atomic E-state index is 13.0. The number of piperazine rings is 1. The lowest BCUT2D eigenvalue weighted by molar-refractivity contribution is -0.159. The van der Waals surface area contributed by atoms with Crippen molar-refractivity contribution < 1.29 is 14.7 Å². The van der Waals surface area contributed by atoms with Gasteiger partial charge in [0, 0.05) is 17.6 Å². The molecule has 1 aliphatic heterocycles. The molecule has 28 heavy (non-hydrogen) atoms. The summed E-state index contributed by atoms with van der Waals surface area (Å²) in [4.78, 5) is 28.7. The van der Waals surface area contributed by atoms with Crippen LogP contribution >= 0.6 is 11.6 Å². The van der Waals surface area contributed by atoms with Crippen LogP contribution in [-0.4, -0.2) is 52.0 Å². The molecule has 0 bridgehead atoms. The van der Waals surface area contributed by atoms with Gasteiger partial charge in [-0.2, -0.15) is 0 Å². The Morgan fingerprint density at radius 2 is 1.79 bits per heavy atom. The van der Waals surface area contributed by atoms with Crippen LogP contribution in [0.5, 0.6) is 0 Å². The molecule has 0 radical (unpaired) electrons. The van der Waals surface area contributed by atoms with E-state index in [0.29, 0.717) is 18.0 Å². The second-order valence-corrected chi connectivity index (χ2v) is 7.80. The predicted octanol–water partition coefficient (Wildman–Crippen LogP) is 3.63. The second-order valence-electron chi connectivity index (χ2n) is 7.37. The molecule has 2 aromatic rings. The van der Waals surface area contributed by atoms with Crippen LogP contribution in [0.2, 0.25) is 5.02 Å². The van der Waals surface area contributed by atoms with Crippen molar-refractivity contribution in [3.63, 3.8) is 0 Å². The van der Waals surface area contributed by atoms with Crippen molar-refractivity contribution in [1.29, 1.82) is 0 Å². The quantitative estimate of drug-likeness (QED) is 0.804. The number of benzene rings is 2. The summed E-state index contributed by atoms with van der Waals surface area (Å²) < 4.78 is 0. The maximum atomic E-state index is 13.0. The summed E-state index contributed by atoms with van der Waals surface area (Å²) in [5, 5.41) is 10.7. The number of rotatable bonds is 6. The molecule has 1 heterocycles. The molecule has 1 N–H and O–H groups in total. The molecule has 1 amide bonds. The van der Waals surface area contributed by atoms with Crippen LogP contribution in [0.1, 0.15) is 31.0 Å². The number of halogens is 1. The van der Waals surface area contributed by atoms with Crippen molar-refractivity contribution in [2.45, 2.75) is 38.4 Å². The number of amides is 1. The number of carbonyl (C=O) groups is 2. The molecule has 148 valence electrons. The Morgan fingerprint density at radius 3 is 2.36 bits per heavy atom. The van der Waals surface area contributed by atoms with E-state index in [0.717, 1.165) is 11.1 Å². The van der Waals surface area contributed by atoms with Crippen LogP contribution in [0, 0.1) is 0 Å². The highest BCUT2D eigenvalue weighted by Crippen LogP contribution is 2.33. The second kappa shape index (κ2) is 8.76. The lowest BCUT2D eigenvalue weighted by atomic mass is 9.92. The number of carboxylic acid groups (broad SMARTS) is 1. The minimum absolute atomic E-state index is 0.0466. The van der Waals surface area contributed by atoms with E-state index >= 15 is 0 Å². The summed E-state index contributed by atoms with van der Waals surface area (Å²) in [6.45, 7) is 4.41. The largest absolute Gasteiger partial charge is 0.480 e. The molecule has 2 aromatic carbocycles. The van der Waals surface area contributed by atoms with Crippen LogP contribution in [0.15, 0.2) is 54.6 Å². The summed E-state index contributed by atoms with van der Waals surface area (Å²) in [6, 6.07) is 15.6. The van der Waals surface area contributed by atoms with Crippen LogP contribution < -0.4 is 0 Å². The SMILES string of the molecule is CC(C)N1CC(=O)N(CCc2ccc(Cl)cc2)C(c2ccccc2)C1C(=O)O. The Hall–Kier alpha value is -2.37. The lowest BCUT2D eigenvalue weighted by Crippen LogP contribution is -2.62. The van der Waals surface area contributed by atoms with Gasteiger partial charge < -0.3 is 10.0 Å². The third kappa shape index (κ3) is 4.37. The van der Waals surface area contributed by atoms with Gasteiger partial charge in [0.25, 0.3) is 0 Å². The van der Waals surface area contributed by atoms with Crippen molar-refractivity contribution in [2.75, 3.05) is 13.1 Å². The van der Waals surface area contributed by atoms with Crippen molar-refractivity contribution in [1.82, 2.24) is 9.80 Å². The zero-order chi connectivity index (χ0) is 20.3. The first kappa shape index (κ1) is 20.4. The molecule has 2 unspecified atom stereocenters. The Balaban J connectivity index is 1.94. The van der Waals surface area contributed by atoms with Crippen LogP contribution in [0.25, 0.3) is 0 Å². The molecule has 0 spiro atoms. The highest BCUT2D eigenvalue weighted by molar-refractivity contribution is 6.30. The Labute approximate surface area is 170 Å². The third-order valence-corrected chi connectivity index (χ3v) is 5.49. The van der Waals surface area contributed by atoms with Crippen molar-refractivity contribution in [3.05, 3.63) is 70.7 Å². The zero-order valence-electron chi connectivity index (χ0n) is 16.1. The van der Waals surface area contributed by atoms with Gasteiger partial charge in [-0.1, -0.05) is 54.1 Å². The average Bonchev–Trinajstić information content (AvgIpc) is 2.67. The van der Waals surface area contributed by atoms with E-state index in [1.54, 1.807) is 9.80 Å². The highest BCUT2D eigenvalue weighted by atomic mass is 35.5. The summed E-state index contributed by atoms with van der Waals surface area (Å²) >= 11 is 5.95. The van der Waals surface area contributed by atoms with Gasteiger partial charge in [0.1, 0.15) is 6.04 Å². The van der Waals surface area contributed by atoms with Gasteiger partial charge in [0.05, 0.1) is 12.6 Å². The number of carbonyl (C=O) groups excluding carboxylic acids is 1. The van der Waals surface area contributed by atoms with E-state index < -0.39 is 18.1 Å². The number of hydrogen-bond acceptors (Lipinski definition) is 3. The molecule has 1 saturated heterocycles. The van der Waals surface area contributed by atoms with Crippen LogP contribution in [0.3, 0.4) is 0 Å². The molecular formula is C22H25ClN2O3. The number of hydrogen-bond donors (Lipinski definition) is 1. The van der Waals surface area contributed by atoms with E-state index in [1.807, 2.05) is 68.4 Å². The minimum Gasteiger partial charge on any atom is -0.480 e. The normalized spacial score (nSPS) is 20.6. The summed E-state index contributed by atoms with van der Waals surface area (Å²) in [7, 11) is 0. The van der Waals surface area contributed by atoms with E-state index in [-0.39, 0.29) is 18.5 Å². The molecule has 5 nitrogen and oxygen atoms in total. The third-order valence-electron chi connectivity index (χ3n) is 5.24. The van der Waals surface area contributed by atoms with Gasteiger partial charge in [0.2, 0.25) is 5.91 Å². The lowest BCUT2D eigenvalue weighted by Gasteiger charge is -2.47.